The number of rotatable bonds is 3. The molecule has 1 heterocycles. The molecule has 4 nitrogen and oxygen atoms in total. The van der Waals surface area contributed by atoms with Crippen molar-refractivity contribution in [1.82, 2.24) is 5.32 Å². The largest absolute Gasteiger partial charge is 0.466 e. The van der Waals surface area contributed by atoms with E-state index in [4.69, 9.17) is 10.2 Å². The molecule has 1 atom stereocenters. The number of hydrogen-bond donors (Lipinski definition) is 2. The third-order valence-electron chi connectivity index (χ3n) is 3.39. The summed E-state index contributed by atoms with van der Waals surface area (Å²) in [6, 6.07) is 7.14. The molecule has 0 bridgehead atoms. The molecule has 0 aliphatic heterocycles. The number of carbonyl (C=O) groups is 1. The van der Waals surface area contributed by atoms with E-state index < -0.39 is 0 Å². The fraction of sp³-hybridized carbons (Fsp3) is 0.312. The summed E-state index contributed by atoms with van der Waals surface area (Å²) in [7, 11) is 0. The second-order valence-corrected chi connectivity index (χ2v) is 5.14. The lowest BCUT2D eigenvalue weighted by Crippen LogP contribution is -2.27. The highest BCUT2D eigenvalue weighted by molar-refractivity contribution is 5.96. The highest BCUT2D eigenvalue weighted by atomic mass is 16.3. The standard InChI is InChI=1S/C16H20N2O2/c1-9-7-13(17)5-6-14(9)16(19)18-11(3)15-8-10(2)20-12(15)4/h5-8,11H,17H2,1-4H3,(H,18,19). The lowest BCUT2D eigenvalue weighted by molar-refractivity contribution is 0.0939. The number of anilines is 1. The molecule has 0 spiro atoms. The SMILES string of the molecule is Cc1cc(C(C)NC(=O)c2ccc(N)cc2C)c(C)o1. The first-order valence-corrected chi connectivity index (χ1v) is 6.62. The topological polar surface area (TPSA) is 68.3 Å². The number of hydrogen-bond acceptors (Lipinski definition) is 3. The minimum absolute atomic E-state index is 0.100. The molecule has 0 saturated carbocycles. The van der Waals surface area contributed by atoms with E-state index in [9.17, 15) is 4.79 Å². The van der Waals surface area contributed by atoms with E-state index in [0.717, 1.165) is 22.6 Å². The minimum Gasteiger partial charge on any atom is -0.466 e. The molecule has 0 fully saturated rings. The van der Waals surface area contributed by atoms with Crippen molar-refractivity contribution in [3.8, 4) is 0 Å². The van der Waals surface area contributed by atoms with E-state index in [1.165, 1.54) is 0 Å². The van der Waals surface area contributed by atoms with E-state index >= 15 is 0 Å². The van der Waals surface area contributed by atoms with Crippen LogP contribution in [0, 0.1) is 20.8 Å². The molecule has 2 aromatic rings. The van der Waals surface area contributed by atoms with Crippen molar-refractivity contribution in [2.75, 3.05) is 5.73 Å². The molecule has 1 aromatic heterocycles. The van der Waals surface area contributed by atoms with Gasteiger partial charge in [-0.1, -0.05) is 0 Å². The Morgan fingerprint density at radius 1 is 1.25 bits per heavy atom. The summed E-state index contributed by atoms with van der Waals surface area (Å²) in [6.45, 7) is 7.62. The van der Waals surface area contributed by atoms with Crippen molar-refractivity contribution >= 4 is 11.6 Å². The van der Waals surface area contributed by atoms with Gasteiger partial charge in [-0.3, -0.25) is 4.79 Å². The van der Waals surface area contributed by atoms with Crippen molar-refractivity contribution in [1.29, 1.82) is 0 Å². The Hall–Kier alpha value is -2.23. The number of furan rings is 1. The predicted octanol–water partition coefficient (Wildman–Crippen LogP) is 3.28. The Balaban J connectivity index is 2.17. The quantitative estimate of drug-likeness (QED) is 0.842. The van der Waals surface area contributed by atoms with Gasteiger partial charge in [-0.15, -0.1) is 0 Å². The molecule has 3 N–H and O–H groups in total. The van der Waals surface area contributed by atoms with Gasteiger partial charge in [0.25, 0.3) is 5.91 Å². The van der Waals surface area contributed by atoms with Gasteiger partial charge in [-0.25, -0.2) is 0 Å². The smallest absolute Gasteiger partial charge is 0.252 e. The van der Waals surface area contributed by atoms with Gasteiger partial charge in [0.15, 0.2) is 0 Å². The van der Waals surface area contributed by atoms with Gasteiger partial charge < -0.3 is 15.5 Å². The zero-order valence-electron chi connectivity index (χ0n) is 12.3. The lowest BCUT2D eigenvalue weighted by Gasteiger charge is -2.14. The van der Waals surface area contributed by atoms with Crippen LogP contribution in [0.15, 0.2) is 28.7 Å². The van der Waals surface area contributed by atoms with E-state index in [2.05, 4.69) is 5.32 Å². The molecule has 4 heteroatoms. The number of nitrogens with one attached hydrogen (secondary N) is 1. The Bertz CT molecular complexity index is 644. The molecule has 2 rings (SSSR count). The van der Waals surface area contributed by atoms with Gasteiger partial charge in [-0.2, -0.15) is 0 Å². The molecule has 0 aliphatic carbocycles. The van der Waals surface area contributed by atoms with Crippen molar-refractivity contribution in [3.05, 3.63) is 52.5 Å². The highest BCUT2D eigenvalue weighted by Crippen LogP contribution is 2.22. The number of aryl methyl sites for hydroxylation is 3. The maximum Gasteiger partial charge on any atom is 0.252 e. The molecule has 0 radical (unpaired) electrons. The molecule has 0 saturated heterocycles. The molecule has 20 heavy (non-hydrogen) atoms. The Morgan fingerprint density at radius 2 is 1.95 bits per heavy atom. The number of nitrogen functional groups attached to an aromatic ring is 1. The van der Waals surface area contributed by atoms with Crippen LogP contribution in [-0.2, 0) is 0 Å². The van der Waals surface area contributed by atoms with E-state index in [1.54, 1.807) is 18.2 Å². The summed E-state index contributed by atoms with van der Waals surface area (Å²) >= 11 is 0. The Morgan fingerprint density at radius 3 is 2.50 bits per heavy atom. The summed E-state index contributed by atoms with van der Waals surface area (Å²) in [5.41, 5.74) is 8.88. The number of carbonyl (C=O) groups excluding carboxylic acids is 1. The molecule has 0 aliphatic rings. The first kappa shape index (κ1) is 14.2. The van der Waals surface area contributed by atoms with Crippen LogP contribution in [0.5, 0.6) is 0 Å². The maximum absolute atomic E-state index is 12.3. The summed E-state index contributed by atoms with van der Waals surface area (Å²) in [4.78, 5) is 12.3. The summed E-state index contributed by atoms with van der Waals surface area (Å²) < 4.78 is 5.49. The van der Waals surface area contributed by atoms with Crippen LogP contribution in [0.2, 0.25) is 0 Å². The van der Waals surface area contributed by atoms with E-state index in [-0.39, 0.29) is 11.9 Å². The molecule has 1 amide bonds. The number of amides is 1. The van der Waals surface area contributed by atoms with Gasteiger partial charge in [0.2, 0.25) is 0 Å². The van der Waals surface area contributed by atoms with Gasteiger partial charge in [0.1, 0.15) is 11.5 Å². The molecular formula is C16H20N2O2. The average molecular weight is 272 g/mol. The molecular weight excluding hydrogens is 252 g/mol. The first-order chi connectivity index (χ1) is 9.38. The molecule has 1 aromatic carbocycles. The summed E-state index contributed by atoms with van der Waals surface area (Å²) in [6.07, 6.45) is 0. The van der Waals surface area contributed by atoms with Crippen molar-refractivity contribution in [3.63, 3.8) is 0 Å². The third kappa shape index (κ3) is 2.85. The summed E-state index contributed by atoms with van der Waals surface area (Å²) in [5, 5.41) is 2.99. The Kier molecular flexibility index (Phi) is 3.84. The van der Waals surface area contributed by atoms with Crippen LogP contribution >= 0.6 is 0 Å². The first-order valence-electron chi connectivity index (χ1n) is 6.62. The van der Waals surface area contributed by atoms with Crippen molar-refractivity contribution in [2.24, 2.45) is 0 Å². The summed E-state index contributed by atoms with van der Waals surface area (Å²) in [5.74, 6) is 1.58. The lowest BCUT2D eigenvalue weighted by atomic mass is 10.1. The second kappa shape index (κ2) is 5.41. The zero-order valence-corrected chi connectivity index (χ0v) is 12.3. The maximum atomic E-state index is 12.3. The highest BCUT2D eigenvalue weighted by Gasteiger charge is 2.17. The molecule has 1 unspecified atom stereocenters. The van der Waals surface area contributed by atoms with Crippen molar-refractivity contribution in [2.45, 2.75) is 33.7 Å². The fourth-order valence-electron chi connectivity index (χ4n) is 2.37. The van der Waals surface area contributed by atoms with Gasteiger partial charge in [-0.05, 0) is 57.5 Å². The van der Waals surface area contributed by atoms with Crippen LogP contribution in [0.3, 0.4) is 0 Å². The van der Waals surface area contributed by atoms with E-state index in [1.807, 2.05) is 33.8 Å². The predicted molar refractivity (Wildman–Crippen MR) is 79.7 cm³/mol. The van der Waals surface area contributed by atoms with Crippen LogP contribution in [0.4, 0.5) is 5.69 Å². The van der Waals surface area contributed by atoms with Gasteiger partial charge >= 0.3 is 0 Å². The van der Waals surface area contributed by atoms with Gasteiger partial charge in [0.05, 0.1) is 6.04 Å². The number of benzene rings is 1. The number of nitrogens with two attached hydrogens (primary N) is 1. The van der Waals surface area contributed by atoms with Gasteiger partial charge in [0, 0.05) is 16.8 Å². The van der Waals surface area contributed by atoms with Crippen LogP contribution in [0.1, 0.15) is 46.0 Å². The normalized spacial score (nSPS) is 12.2. The van der Waals surface area contributed by atoms with Crippen molar-refractivity contribution < 1.29 is 9.21 Å². The van der Waals surface area contributed by atoms with E-state index in [0.29, 0.717) is 11.3 Å². The fourth-order valence-corrected chi connectivity index (χ4v) is 2.37. The Labute approximate surface area is 119 Å². The van der Waals surface area contributed by atoms with Crippen LogP contribution in [-0.4, -0.2) is 5.91 Å². The zero-order chi connectivity index (χ0) is 14.9. The van der Waals surface area contributed by atoms with Crippen LogP contribution < -0.4 is 11.1 Å². The monoisotopic (exact) mass is 272 g/mol. The second-order valence-electron chi connectivity index (χ2n) is 5.14. The third-order valence-corrected chi connectivity index (χ3v) is 3.39. The molecule has 106 valence electrons. The minimum atomic E-state index is -0.103. The average Bonchev–Trinajstić information content (AvgIpc) is 2.68. The van der Waals surface area contributed by atoms with Crippen LogP contribution in [0.25, 0.3) is 0 Å².